The van der Waals surface area contributed by atoms with E-state index in [1.54, 1.807) is 6.20 Å². The smallest absolute Gasteiger partial charge is 0.258 e. The van der Waals surface area contributed by atoms with Gasteiger partial charge in [-0.2, -0.15) is 0 Å². The summed E-state index contributed by atoms with van der Waals surface area (Å²) in [5.41, 5.74) is 2.45. The molecule has 0 unspecified atom stereocenters. The predicted octanol–water partition coefficient (Wildman–Crippen LogP) is 2.47. The number of hydrogen-bond donors (Lipinski definition) is 2. The number of carbonyl (C=O) groups is 1. The van der Waals surface area contributed by atoms with Gasteiger partial charge in [-0.1, -0.05) is 11.6 Å². The van der Waals surface area contributed by atoms with Crippen molar-refractivity contribution in [2.24, 2.45) is 0 Å². The van der Waals surface area contributed by atoms with Crippen molar-refractivity contribution < 1.29 is 4.79 Å². The van der Waals surface area contributed by atoms with Crippen molar-refractivity contribution in [3.63, 3.8) is 0 Å². The second-order valence-electron chi connectivity index (χ2n) is 4.12. The lowest BCUT2D eigenvalue weighted by molar-refractivity contribution is 0.102. The molecule has 1 amide bonds. The molecule has 19 heavy (non-hydrogen) atoms. The molecule has 1 aromatic heterocycles. The molecule has 5 nitrogen and oxygen atoms in total. The van der Waals surface area contributed by atoms with Crippen molar-refractivity contribution >= 4 is 17.4 Å². The van der Waals surface area contributed by atoms with Crippen molar-refractivity contribution in [3.8, 4) is 0 Å². The van der Waals surface area contributed by atoms with Gasteiger partial charge >= 0.3 is 0 Å². The Morgan fingerprint density at radius 2 is 2.16 bits per heavy atom. The maximum absolute atomic E-state index is 12.2. The first kappa shape index (κ1) is 13.0. The molecule has 0 radical (unpaired) electrons. The van der Waals surface area contributed by atoms with E-state index < -0.39 is 0 Å². The van der Waals surface area contributed by atoms with Gasteiger partial charge in [0, 0.05) is 24.6 Å². The number of nitrogens with zero attached hydrogens (tertiary/aromatic N) is 2. The Labute approximate surface area is 112 Å². The average Bonchev–Trinajstić information content (AvgIpc) is 2.42. The standard InChI is InChI=1S/C14H16N4O/c1-3-16-12-5-4-10(2)8-11(12)14(19)18-13-9-15-6-7-17-13/h4-9,16H,3H2,1-2H3,(H,17,18,19). The number of anilines is 2. The zero-order chi connectivity index (χ0) is 13.7. The molecule has 0 atom stereocenters. The number of aryl methyl sites for hydroxylation is 1. The van der Waals surface area contributed by atoms with E-state index in [2.05, 4.69) is 20.6 Å². The molecular weight excluding hydrogens is 240 g/mol. The second-order valence-corrected chi connectivity index (χ2v) is 4.12. The third kappa shape index (κ3) is 3.28. The van der Waals surface area contributed by atoms with Crippen molar-refractivity contribution in [1.29, 1.82) is 0 Å². The van der Waals surface area contributed by atoms with Crippen molar-refractivity contribution in [2.75, 3.05) is 17.2 Å². The van der Waals surface area contributed by atoms with Gasteiger partial charge in [-0.25, -0.2) is 4.98 Å². The van der Waals surface area contributed by atoms with Crippen LogP contribution in [0.15, 0.2) is 36.8 Å². The highest BCUT2D eigenvalue weighted by molar-refractivity contribution is 6.07. The highest BCUT2D eigenvalue weighted by atomic mass is 16.1. The van der Waals surface area contributed by atoms with Gasteiger partial charge in [0.1, 0.15) is 0 Å². The third-order valence-corrected chi connectivity index (χ3v) is 2.59. The summed E-state index contributed by atoms with van der Waals surface area (Å²) in [7, 11) is 0. The summed E-state index contributed by atoms with van der Waals surface area (Å²) in [4.78, 5) is 20.2. The van der Waals surface area contributed by atoms with Crippen LogP contribution in [-0.4, -0.2) is 22.4 Å². The number of carbonyl (C=O) groups excluding carboxylic acids is 1. The average molecular weight is 256 g/mol. The SMILES string of the molecule is CCNc1ccc(C)cc1C(=O)Nc1cnccn1. The normalized spacial score (nSPS) is 10.0. The minimum absolute atomic E-state index is 0.194. The maximum Gasteiger partial charge on any atom is 0.258 e. The summed E-state index contributed by atoms with van der Waals surface area (Å²) in [6.07, 6.45) is 4.62. The topological polar surface area (TPSA) is 66.9 Å². The maximum atomic E-state index is 12.2. The molecule has 2 rings (SSSR count). The Balaban J connectivity index is 2.25. The molecule has 0 spiro atoms. The summed E-state index contributed by atoms with van der Waals surface area (Å²) in [5, 5.41) is 5.90. The predicted molar refractivity (Wildman–Crippen MR) is 75.3 cm³/mol. The fourth-order valence-electron chi connectivity index (χ4n) is 1.74. The zero-order valence-corrected chi connectivity index (χ0v) is 11.0. The quantitative estimate of drug-likeness (QED) is 0.881. The molecule has 5 heteroatoms. The Morgan fingerprint density at radius 1 is 1.32 bits per heavy atom. The van der Waals surface area contributed by atoms with Gasteiger partial charge in [0.25, 0.3) is 5.91 Å². The highest BCUT2D eigenvalue weighted by Gasteiger charge is 2.12. The molecule has 0 aliphatic carbocycles. The largest absolute Gasteiger partial charge is 0.385 e. The molecule has 0 fully saturated rings. The second kappa shape index (κ2) is 5.95. The summed E-state index contributed by atoms with van der Waals surface area (Å²) in [6.45, 7) is 4.70. The zero-order valence-electron chi connectivity index (χ0n) is 11.0. The monoisotopic (exact) mass is 256 g/mol. The van der Waals surface area contributed by atoms with E-state index in [1.807, 2.05) is 32.0 Å². The van der Waals surface area contributed by atoms with E-state index in [0.29, 0.717) is 11.4 Å². The van der Waals surface area contributed by atoms with Crippen molar-refractivity contribution in [2.45, 2.75) is 13.8 Å². The van der Waals surface area contributed by atoms with Gasteiger partial charge in [0.2, 0.25) is 0 Å². The third-order valence-electron chi connectivity index (χ3n) is 2.59. The molecule has 0 saturated carbocycles. The Hall–Kier alpha value is -2.43. The van der Waals surface area contributed by atoms with E-state index in [1.165, 1.54) is 12.4 Å². The number of aromatic nitrogens is 2. The van der Waals surface area contributed by atoms with E-state index in [0.717, 1.165) is 17.8 Å². The first-order chi connectivity index (χ1) is 9.20. The molecule has 1 heterocycles. The van der Waals surface area contributed by atoms with Crippen LogP contribution in [0.2, 0.25) is 0 Å². The van der Waals surface area contributed by atoms with E-state index in [-0.39, 0.29) is 5.91 Å². The van der Waals surface area contributed by atoms with Crippen molar-refractivity contribution in [1.82, 2.24) is 9.97 Å². The van der Waals surface area contributed by atoms with Crippen molar-refractivity contribution in [3.05, 3.63) is 47.9 Å². The molecule has 0 aliphatic heterocycles. The molecule has 98 valence electrons. The number of amides is 1. The van der Waals surface area contributed by atoms with Gasteiger partial charge in [0.05, 0.1) is 11.8 Å². The van der Waals surface area contributed by atoms with E-state index in [4.69, 9.17) is 0 Å². The summed E-state index contributed by atoms with van der Waals surface area (Å²) in [5.74, 6) is 0.247. The summed E-state index contributed by atoms with van der Waals surface area (Å²) in [6, 6.07) is 5.73. The van der Waals surface area contributed by atoms with Gasteiger partial charge < -0.3 is 10.6 Å². The number of benzene rings is 1. The Bertz CT molecular complexity index is 569. The van der Waals surface area contributed by atoms with Gasteiger partial charge in [-0.3, -0.25) is 9.78 Å². The summed E-state index contributed by atoms with van der Waals surface area (Å²) >= 11 is 0. The summed E-state index contributed by atoms with van der Waals surface area (Å²) < 4.78 is 0. The van der Waals surface area contributed by atoms with E-state index >= 15 is 0 Å². The lowest BCUT2D eigenvalue weighted by atomic mass is 10.1. The van der Waals surface area contributed by atoms with Gasteiger partial charge in [-0.15, -0.1) is 0 Å². The van der Waals surface area contributed by atoms with Crippen LogP contribution in [-0.2, 0) is 0 Å². The first-order valence-electron chi connectivity index (χ1n) is 6.12. The lowest BCUT2D eigenvalue weighted by Gasteiger charge is -2.11. The molecule has 2 N–H and O–H groups in total. The molecular formula is C14H16N4O. The Kier molecular flexibility index (Phi) is 4.07. The van der Waals surface area contributed by atoms with Crippen LogP contribution in [0.5, 0.6) is 0 Å². The molecule has 2 aromatic rings. The fourth-order valence-corrected chi connectivity index (χ4v) is 1.74. The van der Waals surface area contributed by atoms with Crippen LogP contribution in [0.3, 0.4) is 0 Å². The lowest BCUT2D eigenvalue weighted by Crippen LogP contribution is -2.16. The van der Waals surface area contributed by atoms with Crippen LogP contribution in [0.1, 0.15) is 22.8 Å². The molecule has 0 saturated heterocycles. The minimum atomic E-state index is -0.194. The van der Waals surface area contributed by atoms with Crippen LogP contribution in [0.25, 0.3) is 0 Å². The van der Waals surface area contributed by atoms with Crippen LogP contribution < -0.4 is 10.6 Å². The van der Waals surface area contributed by atoms with Crippen LogP contribution in [0.4, 0.5) is 11.5 Å². The molecule has 0 bridgehead atoms. The van der Waals surface area contributed by atoms with Gasteiger partial charge in [-0.05, 0) is 26.0 Å². The number of rotatable bonds is 4. The van der Waals surface area contributed by atoms with E-state index in [9.17, 15) is 4.79 Å². The fraction of sp³-hybridized carbons (Fsp3) is 0.214. The first-order valence-corrected chi connectivity index (χ1v) is 6.12. The minimum Gasteiger partial charge on any atom is -0.385 e. The van der Waals surface area contributed by atoms with Crippen LogP contribution >= 0.6 is 0 Å². The highest BCUT2D eigenvalue weighted by Crippen LogP contribution is 2.18. The Morgan fingerprint density at radius 3 is 2.84 bits per heavy atom. The van der Waals surface area contributed by atoms with Gasteiger partial charge in [0.15, 0.2) is 5.82 Å². The number of nitrogens with one attached hydrogen (secondary N) is 2. The molecule has 0 aliphatic rings. The number of hydrogen-bond acceptors (Lipinski definition) is 4. The van der Waals surface area contributed by atoms with Crippen LogP contribution in [0, 0.1) is 6.92 Å². The molecule has 1 aromatic carbocycles.